The summed E-state index contributed by atoms with van der Waals surface area (Å²) < 4.78 is 0. The Kier molecular flexibility index (Phi) is 3.33. The average molecular weight is 275 g/mol. The number of thioether (sulfide) groups is 1. The van der Waals surface area contributed by atoms with Crippen molar-refractivity contribution in [1.29, 1.82) is 0 Å². The van der Waals surface area contributed by atoms with Gasteiger partial charge in [0.15, 0.2) is 5.16 Å². The normalized spacial score (nSPS) is 10.7. The lowest BCUT2D eigenvalue weighted by Crippen LogP contribution is -1.84. The Hall–Kier alpha value is -1.73. The summed E-state index contributed by atoms with van der Waals surface area (Å²) in [6.07, 6.45) is 3.28. The van der Waals surface area contributed by atoms with Crippen LogP contribution >= 0.6 is 23.1 Å². The second kappa shape index (κ2) is 5.28. The maximum atomic E-state index is 4.55. The van der Waals surface area contributed by atoms with Crippen LogP contribution in [0.5, 0.6) is 0 Å². The van der Waals surface area contributed by atoms with Gasteiger partial charge in [-0.15, -0.1) is 11.3 Å². The molecule has 3 heterocycles. The number of hydrogen-bond donors (Lipinski definition) is 1. The predicted octanol–water partition coefficient (Wildman–Crippen LogP) is 2.62. The van der Waals surface area contributed by atoms with E-state index in [4.69, 9.17) is 0 Å². The summed E-state index contributed by atoms with van der Waals surface area (Å²) in [4.78, 5) is 12.9. The number of rotatable bonds is 4. The van der Waals surface area contributed by atoms with Gasteiger partial charge in [0.2, 0.25) is 0 Å². The van der Waals surface area contributed by atoms with Crippen molar-refractivity contribution in [3.05, 3.63) is 41.8 Å². The molecule has 18 heavy (non-hydrogen) atoms. The van der Waals surface area contributed by atoms with Gasteiger partial charge in [0.25, 0.3) is 0 Å². The number of thiazole rings is 1. The lowest BCUT2D eigenvalue weighted by atomic mass is 10.4. The summed E-state index contributed by atoms with van der Waals surface area (Å²) in [6.45, 7) is 0. The first kappa shape index (κ1) is 11.4. The highest BCUT2D eigenvalue weighted by molar-refractivity contribution is 7.98. The smallest absolute Gasteiger partial charge is 0.183 e. The van der Waals surface area contributed by atoms with Gasteiger partial charge in [-0.25, -0.2) is 9.97 Å². The first-order valence-electron chi connectivity index (χ1n) is 5.26. The zero-order chi connectivity index (χ0) is 12.2. The summed E-state index contributed by atoms with van der Waals surface area (Å²) in [7, 11) is 0. The molecule has 7 heteroatoms. The van der Waals surface area contributed by atoms with E-state index in [0.29, 0.717) is 0 Å². The Morgan fingerprint density at radius 3 is 3.06 bits per heavy atom. The van der Waals surface area contributed by atoms with E-state index in [1.165, 1.54) is 6.33 Å². The van der Waals surface area contributed by atoms with Crippen LogP contribution in [0, 0.1) is 0 Å². The molecule has 0 radical (unpaired) electrons. The minimum Gasteiger partial charge on any atom is -0.254 e. The lowest BCUT2D eigenvalue weighted by Gasteiger charge is -1.94. The van der Waals surface area contributed by atoms with Gasteiger partial charge < -0.3 is 0 Å². The van der Waals surface area contributed by atoms with Gasteiger partial charge >= 0.3 is 0 Å². The molecule has 3 rings (SSSR count). The van der Waals surface area contributed by atoms with Crippen LogP contribution in [-0.4, -0.2) is 25.1 Å². The highest BCUT2D eigenvalue weighted by Crippen LogP contribution is 2.25. The van der Waals surface area contributed by atoms with Gasteiger partial charge in [0.1, 0.15) is 11.3 Å². The van der Waals surface area contributed by atoms with Crippen LogP contribution in [-0.2, 0) is 5.75 Å². The Morgan fingerprint density at radius 2 is 2.28 bits per heavy atom. The second-order valence-corrected chi connectivity index (χ2v) is 5.26. The average Bonchev–Trinajstić information content (AvgIpc) is 3.09. The van der Waals surface area contributed by atoms with E-state index in [2.05, 4.69) is 25.1 Å². The molecule has 0 aliphatic rings. The van der Waals surface area contributed by atoms with Gasteiger partial charge in [0, 0.05) is 17.3 Å². The first-order chi connectivity index (χ1) is 8.92. The lowest BCUT2D eigenvalue weighted by molar-refractivity contribution is 0.972. The first-order valence-corrected chi connectivity index (χ1v) is 7.12. The SMILES string of the molecule is c1ccc(-c2nc(CSc3ncn[nH]3)cs2)nc1. The molecule has 0 fully saturated rings. The number of hydrogen-bond acceptors (Lipinski definition) is 6. The van der Waals surface area contributed by atoms with E-state index >= 15 is 0 Å². The third-order valence-corrected chi connectivity index (χ3v) is 4.01. The van der Waals surface area contributed by atoms with E-state index < -0.39 is 0 Å². The number of aromatic amines is 1. The van der Waals surface area contributed by atoms with E-state index in [0.717, 1.165) is 27.3 Å². The fourth-order valence-electron chi connectivity index (χ4n) is 1.39. The molecule has 0 spiro atoms. The number of pyridine rings is 1. The van der Waals surface area contributed by atoms with Crippen molar-refractivity contribution in [1.82, 2.24) is 25.1 Å². The number of nitrogens with one attached hydrogen (secondary N) is 1. The third-order valence-electron chi connectivity index (χ3n) is 2.19. The maximum Gasteiger partial charge on any atom is 0.183 e. The van der Waals surface area contributed by atoms with Crippen LogP contribution in [0.25, 0.3) is 10.7 Å². The van der Waals surface area contributed by atoms with Crippen molar-refractivity contribution < 1.29 is 0 Å². The van der Waals surface area contributed by atoms with Crippen molar-refractivity contribution in [3.8, 4) is 10.7 Å². The van der Waals surface area contributed by atoms with Crippen molar-refractivity contribution in [2.75, 3.05) is 0 Å². The molecule has 90 valence electrons. The third kappa shape index (κ3) is 2.57. The highest BCUT2D eigenvalue weighted by Gasteiger charge is 2.06. The summed E-state index contributed by atoms with van der Waals surface area (Å²) in [5.74, 6) is 0.776. The molecule has 5 nitrogen and oxygen atoms in total. The summed E-state index contributed by atoms with van der Waals surface area (Å²) in [5, 5.41) is 10.4. The van der Waals surface area contributed by atoms with Crippen LogP contribution in [0.4, 0.5) is 0 Å². The minimum absolute atomic E-state index is 0.776. The summed E-state index contributed by atoms with van der Waals surface area (Å²) in [6, 6.07) is 5.83. The zero-order valence-corrected chi connectivity index (χ0v) is 10.9. The topological polar surface area (TPSA) is 67.3 Å². The van der Waals surface area contributed by atoms with Crippen LogP contribution in [0.3, 0.4) is 0 Å². The highest BCUT2D eigenvalue weighted by atomic mass is 32.2. The van der Waals surface area contributed by atoms with Crippen LogP contribution in [0.2, 0.25) is 0 Å². The van der Waals surface area contributed by atoms with Crippen LogP contribution < -0.4 is 0 Å². The molecule has 0 atom stereocenters. The Bertz CT molecular complexity index is 605. The Balaban J connectivity index is 1.70. The summed E-state index contributed by atoms with van der Waals surface area (Å²) >= 11 is 3.19. The van der Waals surface area contributed by atoms with Crippen LogP contribution in [0.1, 0.15) is 5.69 Å². The predicted molar refractivity (Wildman–Crippen MR) is 71.3 cm³/mol. The molecule has 0 unspecified atom stereocenters. The number of nitrogens with zero attached hydrogens (tertiary/aromatic N) is 4. The molecule has 3 aromatic heterocycles. The number of H-pyrrole nitrogens is 1. The minimum atomic E-state index is 0.776. The fraction of sp³-hybridized carbons (Fsp3) is 0.0909. The molecular weight excluding hydrogens is 266 g/mol. The van der Waals surface area contributed by atoms with Gasteiger partial charge in [-0.3, -0.25) is 10.1 Å². The van der Waals surface area contributed by atoms with E-state index in [1.807, 2.05) is 23.6 Å². The van der Waals surface area contributed by atoms with E-state index in [-0.39, 0.29) is 0 Å². The molecule has 0 aliphatic heterocycles. The van der Waals surface area contributed by atoms with Crippen molar-refractivity contribution in [2.45, 2.75) is 10.9 Å². The van der Waals surface area contributed by atoms with Gasteiger partial charge in [0.05, 0.1) is 11.4 Å². The largest absolute Gasteiger partial charge is 0.254 e. The quantitative estimate of drug-likeness (QED) is 0.741. The molecule has 0 saturated carbocycles. The van der Waals surface area contributed by atoms with E-state index in [9.17, 15) is 0 Å². The fourth-order valence-corrected chi connectivity index (χ4v) is 2.96. The second-order valence-electron chi connectivity index (χ2n) is 3.44. The molecule has 0 bridgehead atoms. The molecule has 0 amide bonds. The molecule has 3 aromatic rings. The van der Waals surface area contributed by atoms with Crippen molar-refractivity contribution in [2.24, 2.45) is 0 Å². The van der Waals surface area contributed by atoms with Gasteiger partial charge in [-0.1, -0.05) is 17.8 Å². The molecule has 0 saturated heterocycles. The Labute approximate surface area is 112 Å². The zero-order valence-electron chi connectivity index (χ0n) is 9.28. The van der Waals surface area contributed by atoms with Gasteiger partial charge in [-0.2, -0.15) is 5.10 Å². The summed E-state index contributed by atoms with van der Waals surface area (Å²) in [5.41, 5.74) is 1.94. The van der Waals surface area contributed by atoms with E-state index in [1.54, 1.807) is 29.3 Å². The molecule has 1 N–H and O–H groups in total. The van der Waals surface area contributed by atoms with Gasteiger partial charge in [-0.05, 0) is 12.1 Å². The van der Waals surface area contributed by atoms with Crippen LogP contribution in [0.15, 0.2) is 41.3 Å². The molecule has 0 aliphatic carbocycles. The maximum absolute atomic E-state index is 4.55. The monoisotopic (exact) mass is 275 g/mol. The van der Waals surface area contributed by atoms with Crippen molar-refractivity contribution in [3.63, 3.8) is 0 Å². The standard InChI is InChI=1S/C11H9N5S2/c1-2-4-12-9(3-1)10-15-8(5-17-10)6-18-11-13-7-14-16-11/h1-5,7H,6H2,(H,13,14,16). The molecular formula is C11H9N5S2. The molecule has 0 aromatic carbocycles. The Morgan fingerprint density at radius 1 is 1.28 bits per heavy atom. The number of aromatic nitrogens is 5. The van der Waals surface area contributed by atoms with Crippen molar-refractivity contribution >= 4 is 23.1 Å².